The first-order valence-corrected chi connectivity index (χ1v) is 13.8. The van der Waals surface area contributed by atoms with Crippen LogP contribution >= 0.6 is 0 Å². The van der Waals surface area contributed by atoms with Crippen LogP contribution in [0.3, 0.4) is 0 Å². The predicted molar refractivity (Wildman–Crippen MR) is 155 cm³/mol. The van der Waals surface area contributed by atoms with Gasteiger partial charge in [-0.25, -0.2) is 4.79 Å². The summed E-state index contributed by atoms with van der Waals surface area (Å²) in [6.07, 6.45) is 2.70. The summed E-state index contributed by atoms with van der Waals surface area (Å²) in [6, 6.07) is 1.74. The maximum atomic E-state index is 13.5. The normalized spacial score (nSPS) is 14.5. The van der Waals surface area contributed by atoms with Crippen molar-refractivity contribution in [1.82, 2.24) is 16.0 Å². The molecule has 0 saturated carbocycles. The third kappa shape index (κ3) is 13.3. The minimum Gasteiger partial charge on any atom is -0.508 e. The average molecular weight is 579 g/mol. The molecule has 14 heteroatoms. The highest BCUT2D eigenvalue weighted by Gasteiger charge is 2.32. The van der Waals surface area contributed by atoms with Crippen LogP contribution in [0.25, 0.3) is 0 Å². The molecule has 230 valence electrons. The number of phenolic OH excluding ortho intramolecular Hbond substituents is 1. The van der Waals surface area contributed by atoms with Gasteiger partial charge in [-0.1, -0.05) is 38.8 Å². The largest absolute Gasteiger partial charge is 0.508 e. The summed E-state index contributed by atoms with van der Waals surface area (Å²) in [4.78, 5) is 55.3. The Balaban J connectivity index is 3.18. The number of rotatable bonds is 19. The lowest BCUT2D eigenvalue weighted by Gasteiger charge is -2.26. The molecule has 14 nitrogen and oxygen atoms in total. The zero-order chi connectivity index (χ0) is 30.9. The van der Waals surface area contributed by atoms with E-state index < -0.39 is 47.9 Å². The summed E-state index contributed by atoms with van der Waals surface area (Å²) in [5.41, 5.74) is 22.9. The fourth-order valence-corrected chi connectivity index (χ4v) is 3.98. The number of nitrogens with two attached hydrogens (primary N) is 4. The lowest BCUT2D eigenvalue weighted by atomic mass is 9.98. The molecule has 0 aliphatic heterocycles. The number of benzene rings is 1. The number of carbonyl (C=O) groups excluding carboxylic acids is 3. The number of unbranched alkanes of at least 4 members (excludes halogenated alkanes) is 1. The number of amides is 3. The highest BCUT2D eigenvalue weighted by Crippen LogP contribution is 2.13. The lowest BCUT2D eigenvalue weighted by molar-refractivity contribution is -0.143. The molecule has 0 saturated heterocycles. The van der Waals surface area contributed by atoms with Gasteiger partial charge in [-0.2, -0.15) is 0 Å². The summed E-state index contributed by atoms with van der Waals surface area (Å²) in [6.45, 7) is 4.18. The van der Waals surface area contributed by atoms with Crippen molar-refractivity contribution in [3.63, 3.8) is 0 Å². The number of guanidine groups is 1. The third-order valence-electron chi connectivity index (χ3n) is 6.67. The van der Waals surface area contributed by atoms with E-state index in [-0.39, 0.29) is 37.0 Å². The van der Waals surface area contributed by atoms with Gasteiger partial charge in [0.05, 0.1) is 6.04 Å². The smallest absolute Gasteiger partial charge is 0.326 e. The van der Waals surface area contributed by atoms with Gasteiger partial charge < -0.3 is 49.1 Å². The second-order valence-corrected chi connectivity index (χ2v) is 10.0. The lowest BCUT2D eigenvalue weighted by Crippen LogP contribution is -2.58. The summed E-state index contributed by atoms with van der Waals surface area (Å²) in [5, 5.41) is 27.1. The molecule has 0 bridgehead atoms. The minimum atomic E-state index is -1.20. The molecule has 0 aromatic heterocycles. The Morgan fingerprint density at radius 1 is 0.902 bits per heavy atom. The Morgan fingerprint density at radius 3 is 2.07 bits per heavy atom. The number of nitrogens with zero attached hydrogens (tertiary/aromatic N) is 1. The number of phenols is 1. The number of carboxylic acid groups (broad SMARTS) is 1. The first-order valence-electron chi connectivity index (χ1n) is 13.8. The van der Waals surface area contributed by atoms with Gasteiger partial charge in [0, 0.05) is 13.0 Å². The second-order valence-electron chi connectivity index (χ2n) is 10.0. The predicted octanol–water partition coefficient (Wildman–Crippen LogP) is -0.970. The van der Waals surface area contributed by atoms with E-state index in [9.17, 15) is 29.4 Å². The van der Waals surface area contributed by atoms with E-state index >= 15 is 0 Å². The number of aliphatic carboxylic acids is 1. The van der Waals surface area contributed by atoms with Crippen molar-refractivity contribution >= 4 is 29.7 Å². The summed E-state index contributed by atoms with van der Waals surface area (Å²) in [7, 11) is 0. The molecule has 13 N–H and O–H groups in total. The van der Waals surface area contributed by atoms with E-state index in [1.165, 1.54) is 12.1 Å². The molecular weight excluding hydrogens is 532 g/mol. The van der Waals surface area contributed by atoms with Crippen LogP contribution in [0.1, 0.15) is 57.9 Å². The van der Waals surface area contributed by atoms with E-state index in [0.29, 0.717) is 44.2 Å². The molecule has 0 fully saturated rings. The quantitative estimate of drug-likeness (QED) is 0.0551. The van der Waals surface area contributed by atoms with Crippen molar-refractivity contribution in [3.8, 4) is 5.75 Å². The zero-order valence-corrected chi connectivity index (χ0v) is 23.8. The van der Waals surface area contributed by atoms with Gasteiger partial charge in [-0.3, -0.25) is 19.4 Å². The molecule has 0 aliphatic rings. The highest BCUT2D eigenvalue weighted by molar-refractivity contribution is 5.94. The molecule has 41 heavy (non-hydrogen) atoms. The van der Waals surface area contributed by atoms with Crippen molar-refractivity contribution in [2.45, 2.75) is 83.0 Å². The van der Waals surface area contributed by atoms with Gasteiger partial charge in [-0.15, -0.1) is 0 Å². The molecule has 5 unspecified atom stereocenters. The first kappa shape index (κ1) is 35.1. The number of hydrogen-bond acceptors (Lipinski definition) is 8. The Morgan fingerprint density at radius 2 is 1.51 bits per heavy atom. The third-order valence-corrected chi connectivity index (χ3v) is 6.67. The monoisotopic (exact) mass is 578 g/mol. The van der Waals surface area contributed by atoms with Crippen LogP contribution < -0.4 is 38.9 Å². The van der Waals surface area contributed by atoms with Crippen molar-refractivity contribution < 1.29 is 29.4 Å². The van der Waals surface area contributed by atoms with Crippen LogP contribution in [-0.2, 0) is 25.6 Å². The topological polar surface area (TPSA) is 261 Å². The van der Waals surface area contributed by atoms with E-state index in [0.717, 1.165) is 0 Å². The Hall–Kier alpha value is -3.91. The Kier molecular flexibility index (Phi) is 15.8. The molecule has 3 amide bonds. The maximum absolute atomic E-state index is 13.5. The highest BCUT2D eigenvalue weighted by atomic mass is 16.4. The van der Waals surface area contributed by atoms with Crippen molar-refractivity contribution in [2.75, 3.05) is 13.1 Å². The number of hydrogen-bond donors (Lipinski definition) is 9. The van der Waals surface area contributed by atoms with Crippen LogP contribution in [0.4, 0.5) is 0 Å². The SMILES string of the molecule is CCC(C)C(NC(=O)C(Cc1ccc(O)cc1)NC(=O)C(CCCN=C(N)N)NC(=O)C(N)CCCCN)C(=O)O. The number of nitrogens with one attached hydrogen (secondary N) is 3. The maximum Gasteiger partial charge on any atom is 0.326 e. The molecule has 0 aliphatic carbocycles. The molecule has 0 radical (unpaired) electrons. The van der Waals surface area contributed by atoms with E-state index in [1.807, 2.05) is 0 Å². The summed E-state index contributed by atoms with van der Waals surface area (Å²) < 4.78 is 0. The number of aromatic hydroxyl groups is 1. The van der Waals surface area contributed by atoms with E-state index in [4.69, 9.17) is 22.9 Å². The van der Waals surface area contributed by atoms with Gasteiger partial charge in [-0.05, 0) is 55.8 Å². The van der Waals surface area contributed by atoms with Crippen molar-refractivity contribution in [1.29, 1.82) is 0 Å². The first-order chi connectivity index (χ1) is 19.4. The van der Waals surface area contributed by atoms with Gasteiger partial charge >= 0.3 is 5.97 Å². The number of carboxylic acids is 1. The molecule has 1 aromatic rings. The van der Waals surface area contributed by atoms with Gasteiger partial charge in [0.25, 0.3) is 0 Å². The van der Waals surface area contributed by atoms with Gasteiger partial charge in [0.1, 0.15) is 23.9 Å². The zero-order valence-electron chi connectivity index (χ0n) is 23.8. The molecule has 0 spiro atoms. The minimum absolute atomic E-state index is 0.00202. The molecule has 5 atom stereocenters. The summed E-state index contributed by atoms with van der Waals surface area (Å²) in [5.74, 6) is -3.56. The fraction of sp³-hybridized carbons (Fsp3) is 0.593. The second kappa shape index (κ2) is 18.4. The van der Waals surface area contributed by atoms with Crippen LogP contribution in [0.5, 0.6) is 5.75 Å². The number of carbonyl (C=O) groups is 4. The van der Waals surface area contributed by atoms with Gasteiger partial charge in [0.2, 0.25) is 17.7 Å². The van der Waals surface area contributed by atoms with Crippen LogP contribution in [0, 0.1) is 5.92 Å². The van der Waals surface area contributed by atoms with E-state index in [2.05, 4.69) is 20.9 Å². The summed E-state index contributed by atoms with van der Waals surface area (Å²) >= 11 is 0. The number of aliphatic imine (C=N–C) groups is 1. The Bertz CT molecular complexity index is 1020. The fourth-order valence-electron chi connectivity index (χ4n) is 3.98. The standard InChI is InChI=1S/C27H46N8O6/c1-3-16(2)22(26(40)41)35-25(39)21(15-17-9-11-18(36)12-10-17)34-24(38)20(8-6-14-32-27(30)31)33-23(37)19(29)7-4-5-13-28/h9-12,16,19-22,36H,3-8,13-15,28-29H2,1-2H3,(H,33,37)(H,34,38)(H,35,39)(H,40,41)(H4,30,31,32). The van der Waals surface area contributed by atoms with Crippen molar-refractivity contribution in [3.05, 3.63) is 29.8 Å². The molecule has 0 heterocycles. The average Bonchev–Trinajstić information content (AvgIpc) is 2.93. The molecule has 1 aromatic carbocycles. The molecule has 1 rings (SSSR count). The van der Waals surface area contributed by atoms with Gasteiger partial charge in [0.15, 0.2) is 5.96 Å². The van der Waals surface area contributed by atoms with Crippen molar-refractivity contribution in [2.24, 2.45) is 33.8 Å². The van der Waals surface area contributed by atoms with Crippen LogP contribution in [-0.4, -0.2) is 77.1 Å². The van der Waals surface area contributed by atoms with Crippen LogP contribution in [0.15, 0.2) is 29.3 Å². The molecular formula is C27H46N8O6. The van der Waals surface area contributed by atoms with Crippen LogP contribution in [0.2, 0.25) is 0 Å². The van der Waals surface area contributed by atoms with E-state index in [1.54, 1.807) is 26.0 Å². The Labute approximate surface area is 240 Å².